The Balaban J connectivity index is 1.89. The molecule has 2 rings (SSSR count). The molecule has 0 fully saturated rings. The number of hydrogen-bond donors (Lipinski definition) is 0. The molecule has 1 nitrogen and oxygen atoms in total. The van der Waals surface area contributed by atoms with Crippen LogP contribution in [0, 0.1) is 0 Å². The second-order valence-corrected chi connectivity index (χ2v) is 5.91. The lowest BCUT2D eigenvalue weighted by Crippen LogP contribution is -2.14. The minimum absolute atomic E-state index is 0.243. The summed E-state index contributed by atoms with van der Waals surface area (Å²) in [6.45, 7) is 4.25. The van der Waals surface area contributed by atoms with Gasteiger partial charge in [-0.1, -0.05) is 68.9 Å². The largest absolute Gasteiger partial charge is 0.289 e. The van der Waals surface area contributed by atoms with Crippen molar-refractivity contribution in [2.75, 3.05) is 0 Å². The first kappa shape index (κ1) is 15.0. The fraction of sp³-hybridized carbons (Fsp3) is 0.526. The Morgan fingerprint density at radius 1 is 1.00 bits per heavy atom. The van der Waals surface area contributed by atoms with Crippen LogP contribution in [0.1, 0.15) is 74.7 Å². The van der Waals surface area contributed by atoms with E-state index in [0.29, 0.717) is 0 Å². The van der Waals surface area contributed by atoms with E-state index >= 15 is 0 Å². The summed E-state index contributed by atoms with van der Waals surface area (Å²) in [5.41, 5.74) is 4.49. The first-order valence-corrected chi connectivity index (χ1v) is 8.05. The van der Waals surface area contributed by atoms with E-state index in [2.05, 4.69) is 13.0 Å². The van der Waals surface area contributed by atoms with Gasteiger partial charge in [0.15, 0.2) is 5.78 Å². The quantitative estimate of drug-likeness (QED) is 0.598. The molecule has 0 saturated heterocycles. The Morgan fingerprint density at radius 3 is 2.50 bits per heavy atom. The highest BCUT2D eigenvalue weighted by atomic mass is 16.1. The lowest BCUT2D eigenvalue weighted by Gasteiger charge is -2.20. The SMILES string of the molecule is CCCCCCCCC1=C(C)C(=O)c2ccccc2C1. The van der Waals surface area contributed by atoms with Crippen molar-refractivity contribution < 1.29 is 4.79 Å². The molecule has 0 atom stereocenters. The molecule has 0 bridgehead atoms. The van der Waals surface area contributed by atoms with Crippen LogP contribution in [-0.2, 0) is 6.42 Å². The zero-order valence-corrected chi connectivity index (χ0v) is 12.9. The van der Waals surface area contributed by atoms with Gasteiger partial charge in [-0.25, -0.2) is 0 Å². The molecule has 0 spiro atoms. The fourth-order valence-electron chi connectivity index (χ4n) is 3.02. The lowest BCUT2D eigenvalue weighted by atomic mass is 9.83. The number of ketones is 1. The molecule has 1 aliphatic rings. The number of allylic oxidation sites excluding steroid dienone is 2. The lowest BCUT2D eigenvalue weighted by molar-refractivity contribution is 0.102. The average Bonchev–Trinajstić information content (AvgIpc) is 2.47. The summed E-state index contributed by atoms with van der Waals surface area (Å²) >= 11 is 0. The first-order valence-electron chi connectivity index (χ1n) is 8.05. The summed E-state index contributed by atoms with van der Waals surface area (Å²) in [6, 6.07) is 8.06. The Labute approximate surface area is 123 Å². The normalized spacial score (nSPS) is 14.6. The molecule has 0 radical (unpaired) electrons. The molecule has 108 valence electrons. The van der Waals surface area contributed by atoms with E-state index in [0.717, 1.165) is 24.0 Å². The minimum Gasteiger partial charge on any atom is -0.289 e. The molecule has 0 saturated carbocycles. The summed E-state index contributed by atoms with van der Waals surface area (Å²) in [4.78, 5) is 12.3. The molecule has 0 aromatic heterocycles. The van der Waals surface area contributed by atoms with Crippen LogP contribution < -0.4 is 0 Å². The third-order valence-corrected chi connectivity index (χ3v) is 4.37. The highest BCUT2D eigenvalue weighted by molar-refractivity contribution is 6.11. The minimum atomic E-state index is 0.243. The summed E-state index contributed by atoms with van der Waals surface area (Å²) in [6.07, 6.45) is 9.95. The van der Waals surface area contributed by atoms with Crippen LogP contribution in [0.25, 0.3) is 0 Å². The monoisotopic (exact) mass is 270 g/mol. The number of hydrogen-bond acceptors (Lipinski definition) is 1. The molecule has 1 aliphatic carbocycles. The highest BCUT2D eigenvalue weighted by Crippen LogP contribution is 2.28. The van der Waals surface area contributed by atoms with Crippen LogP contribution in [0.2, 0.25) is 0 Å². The molecule has 0 aliphatic heterocycles. The van der Waals surface area contributed by atoms with Crippen molar-refractivity contribution in [3.05, 3.63) is 46.5 Å². The zero-order valence-electron chi connectivity index (χ0n) is 12.9. The van der Waals surface area contributed by atoms with Crippen LogP contribution in [0.5, 0.6) is 0 Å². The van der Waals surface area contributed by atoms with Gasteiger partial charge >= 0.3 is 0 Å². The van der Waals surface area contributed by atoms with Gasteiger partial charge < -0.3 is 0 Å². The summed E-state index contributed by atoms with van der Waals surface area (Å²) in [7, 11) is 0. The topological polar surface area (TPSA) is 17.1 Å². The van der Waals surface area contributed by atoms with Crippen molar-refractivity contribution in [1.29, 1.82) is 0 Å². The Kier molecular flexibility index (Phi) is 5.58. The van der Waals surface area contributed by atoms with Crippen LogP contribution >= 0.6 is 0 Å². The number of carbonyl (C=O) groups is 1. The van der Waals surface area contributed by atoms with Crippen LogP contribution in [0.4, 0.5) is 0 Å². The molecule has 20 heavy (non-hydrogen) atoms. The van der Waals surface area contributed by atoms with Gasteiger partial charge in [-0.15, -0.1) is 0 Å². The zero-order chi connectivity index (χ0) is 14.4. The van der Waals surface area contributed by atoms with Gasteiger partial charge in [-0.3, -0.25) is 4.79 Å². The maximum atomic E-state index is 12.3. The second kappa shape index (κ2) is 7.42. The van der Waals surface area contributed by atoms with Crippen molar-refractivity contribution >= 4 is 5.78 Å². The van der Waals surface area contributed by atoms with Crippen molar-refractivity contribution in [3.63, 3.8) is 0 Å². The Hall–Kier alpha value is -1.37. The smallest absolute Gasteiger partial charge is 0.188 e. The van der Waals surface area contributed by atoms with Gasteiger partial charge in [-0.2, -0.15) is 0 Å². The maximum absolute atomic E-state index is 12.3. The third kappa shape index (κ3) is 3.59. The predicted octanol–water partition coefficient (Wildman–Crippen LogP) is 5.49. The predicted molar refractivity (Wildman–Crippen MR) is 85.2 cm³/mol. The maximum Gasteiger partial charge on any atom is 0.188 e. The molecule has 0 amide bonds. The number of Topliss-reactive ketones (excluding diaryl/α,β-unsaturated/α-hetero) is 1. The Morgan fingerprint density at radius 2 is 1.70 bits per heavy atom. The van der Waals surface area contributed by atoms with Crippen molar-refractivity contribution in [2.24, 2.45) is 0 Å². The Bertz CT molecular complexity index is 496. The summed E-state index contributed by atoms with van der Waals surface area (Å²) in [5.74, 6) is 0.243. The number of benzene rings is 1. The summed E-state index contributed by atoms with van der Waals surface area (Å²) in [5, 5.41) is 0. The van der Waals surface area contributed by atoms with E-state index in [4.69, 9.17) is 0 Å². The van der Waals surface area contributed by atoms with Gasteiger partial charge in [0.2, 0.25) is 0 Å². The average molecular weight is 270 g/mol. The molecular weight excluding hydrogens is 244 g/mol. The fourth-order valence-corrected chi connectivity index (χ4v) is 3.02. The van der Waals surface area contributed by atoms with Gasteiger partial charge in [-0.05, 0) is 37.3 Å². The number of fused-ring (bicyclic) bond motifs is 1. The van der Waals surface area contributed by atoms with Gasteiger partial charge in [0.1, 0.15) is 0 Å². The van der Waals surface area contributed by atoms with E-state index in [1.54, 1.807) is 0 Å². The molecule has 0 heterocycles. The molecule has 0 N–H and O–H groups in total. The van der Waals surface area contributed by atoms with E-state index in [1.807, 2.05) is 25.1 Å². The van der Waals surface area contributed by atoms with Crippen molar-refractivity contribution in [3.8, 4) is 0 Å². The van der Waals surface area contributed by atoms with Gasteiger partial charge in [0, 0.05) is 5.56 Å². The van der Waals surface area contributed by atoms with E-state index in [1.165, 1.54) is 49.7 Å². The second-order valence-electron chi connectivity index (χ2n) is 5.91. The molecule has 1 heteroatoms. The summed E-state index contributed by atoms with van der Waals surface area (Å²) < 4.78 is 0. The molecular formula is C19H26O. The standard InChI is InChI=1S/C19H26O/c1-3-4-5-6-7-8-11-16-14-17-12-9-10-13-18(17)19(20)15(16)2/h9-10,12-13H,3-8,11,14H2,1-2H3. The van der Waals surface area contributed by atoms with Crippen molar-refractivity contribution in [1.82, 2.24) is 0 Å². The molecule has 1 aromatic rings. The molecule has 0 unspecified atom stereocenters. The van der Waals surface area contributed by atoms with E-state index in [9.17, 15) is 4.79 Å². The van der Waals surface area contributed by atoms with Crippen LogP contribution in [0.15, 0.2) is 35.4 Å². The van der Waals surface area contributed by atoms with Gasteiger partial charge in [0.25, 0.3) is 0 Å². The van der Waals surface area contributed by atoms with Crippen LogP contribution in [-0.4, -0.2) is 5.78 Å². The molecule has 1 aromatic carbocycles. The number of unbranched alkanes of at least 4 members (excludes halogenated alkanes) is 5. The van der Waals surface area contributed by atoms with Crippen LogP contribution in [0.3, 0.4) is 0 Å². The highest BCUT2D eigenvalue weighted by Gasteiger charge is 2.21. The van der Waals surface area contributed by atoms with Gasteiger partial charge in [0.05, 0.1) is 0 Å². The van der Waals surface area contributed by atoms with E-state index < -0.39 is 0 Å². The third-order valence-electron chi connectivity index (χ3n) is 4.37. The first-order chi connectivity index (χ1) is 9.74. The van der Waals surface area contributed by atoms with Crippen molar-refractivity contribution in [2.45, 2.75) is 65.2 Å². The number of carbonyl (C=O) groups excluding carboxylic acids is 1. The van der Waals surface area contributed by atoms with E-state index in [-0.39, 0.29) is 5.78 Å². The number of rotatable bonds is 7.